The Bertz CT molecular complexity index is 2140. The van der Waals surface area contributed by atoms with Crippen LogP contribution in [0.15, 0.2) is 127 Å². The molecule has 0 bridgehead atoms. The fourth-order valence-corrected chi connectivity index (χ4v) is 6.33. The van der Waals surface area contributed by atoms with Gasteiger partial charge in [0.15, 0.2) is 0 Å². The highest BCUT2D eigenvalue weighted by Crippen LogP contribution is 2.45. The number of para-hydroxylation sites is 2. The van der Waals surface area contributed by atoms with E-state index < -0.39 is 0 Å². The first-order chi connectivity index (χ1) is 18.8. The van der Waals surface area contributed by atoms with Gasteiger partial charge in [-0.3, -0.25) is 4.57 Å². The Morgan fingerprint density at radius 3 is 1.74 bits per heavy atom. The molecule has 0 fully saturated rings. The molecule has 178 valence electrons. The van der Waals surface area contributed by atoms with Crippen molar-refractivity contribution in [3.05, 3.63) is 133 Å². The summed E-state index contributed by atoms with van der Waals surface area (Å²) in [4.78, 5) is 4.92. The molecule has 0 aliphatic heterocycles. The maximum Gasteiger partial charge on any atom is 0.111 e. The molecule has 1 aromatic heterocycles. The predicted molar refractivity (Wildman–Crippen MR) is 161 cm³/mol. The number of benzene rings is 7. The zero-order chi connectivity index (χ0) is 25.2. The zero-order valence-corrected chi connectivity index (χ0v) is 21.0. The average molecular weight is 485 g/mol. The molecule has 0 unspecified atom stereocenters. The molecule has 0 aliphatic rings. The summed E-state index contributed by atoms with van der Waals surface area (Å²) in [7, 11) is 0. The monoisotopic (exact) mass is 484 g/mol. The van der Waals surface area contributed by atoms with Crippen molar-refractivity contribution in [1.29, 1.82) is 0 Å². The largest absolute Gasteiger partial charge is 0.295 e. The maximum atomic E-state index is 4.92. The minimum atomic E-state index is 0.991. The molecule has 0 aliphatic carbocycles. The van der Waals surface area contributed by atoms with E-state index in [-0.39, 0.29) is 0 Å². The van der Waals surface area contributed by atoms with Crippen molar-refractivity contribution in [2.45, 2.75) is 6.92 Å². The Morgan fingerprint density at radius 1 is 0.500 bits per heavy atom. The van der Waals surface area contributed by atoms with Crippen molar-refractivity contribution in [3.63, 3.8) is 0 Å². The molecule has 0 saturated carbocycles. The highest BCUT2D eigenvalue weighted by Gasteiger charge is 2.20. The summed E-state index contributed by atoms with van der Waals surface area (Å²) in [5.74, 6) is 0.991. The van der Waals surface area contributed by atoms with E-state index in [0.717, 1.165) is 16.9 Å². The molecular weight excluding hydrogens is 460 g/mol. The van der Waals surface area contributed by atoms with Crippen LogP contribution in [0.3, 0.4) is 0 Å². The second-order valence-corrected chi connectivity index (χ2v) is 9.99. The van der Waals surface area contributed by atoms with Crippen LogP contribution in [0.5, 0.6) is 0 Å². The van der Waals surface area contributed by atoms with Crippen molar-refractivity contribution in [1.82, 2.24) is 9.55 Å². The lowest BCUT2D eigenvalue weighted by Gasteiger charge is -2.20. The summed E-state index contributed by atoms with van der Waals surface area (Å²) in [6, 6.07) is 46.0. The third-order valence-corrected chi connectivity index (χ3v) is 7.89. The van der Waals surface area contributed by atoms with E-state index in [4.69, 9.17) is 4.98 Å². The normalized spacial score (nSPS) is 11.8. The van der Waals surface area contributed by atoms with E-state index in [1.54, 1.807) is 0 Å². The van der Waals surface area contributed by atoms with Crippen LogP contribution in [0.4, 0.5) is 0 Å². The zero-order valence-electron chi connectivity index (χ0n) is 21.0. The van der Waals surface area contributed by atoms with Crippen molar-refractivity contribution in [2.75, 3.05) is 0 Å². The van der Waals surface area contributed by atoms with Gasteiger partial charge < -0.3 is 0 Å². The van der Waals surface area contributed by atoms with E-state index in [9.17, 15) is 0 Å². The lowest BCUT2D eigenvalue weighted by Crippen LogP contribution is -2.01. The van der Waals surface area contributed by atoms with Gasteiger partial charge in [-0.15, -0.1) is 0 Å². The van der Waals surface area contributed by atoms with Crippen LogP contribution in [-0.2, 0) is 0 Å². The average Bonchev–Trinajstić information content (AvgIpc) is 3.31. The van der Waals surface area contributed by atoms with Crippen LogP contribution in [0.1, 0.15) is 5.82 Å². The summed E-state index contributed by atoms with van der Waals surface area (Å²) in [5, 5.41) is 10.1. The standard InChI is InChI=1S/C36H24N2/c1-23-37-33-20-10-11-21-34(33)38(23)36-30-18-8-6-16-28(30)35(29-17-7-9-19-31(29)36)32-22-24-12-2-3-13-25(24)26-14-4-5-15-27(26)32/h2-22H,1H3. The molecule has 0 atom stereocenters. The first-order valence-electron chi connectivity index (χ1n) is 13.1. The number of rotatable bonds is 2. The molecule has 0 amide bonds. The maximum absolute atomic E-state index is 4.92. The number of imidazole rings is 1. The predicted octanol–water partition coefficient (Wildman–Crippen LogP) is 9.61. The van der Waals surface area contributed by atoms with Gasteiger partial charge in [0.2, 0.25) is 0 Å². The molecule has 0 saturated heterocycles. The Kier molecular flexibility index (Phi) is 4.47. The molecule has 7 aromatic carbocycles. The summed E-state index contributed by atoms with van der Waals surface area (Å²) in [5.41, 5.74) is 5.89. The third-order valence-electron chi connectivity index (χ3n) is 7.89. The number of fused-ring (bicyclic) bond motifs is 6. The van der Waals surface area contributed by atoms with Crippen LogP contribution in [0.2, 0.25) is 0 Å². The Hall–Kier alpha value is -4.95. The number of hydrogen-bond acceptors (Lipinski definition) is 1. The minimum absolute atomic E-state index is 0.991. The molecular formula is C36H24N2. The Morgan fingerprint density at radius 2 is 1.03 bits per heavy atom. The highest BCUT2D eigenvalue weighted by atomic mass is 15.1. The Labute approximate surface area is 220 Å². The van der Waals surface area contributed by atoms with Gasteiger partial charge in [-0.1, -0.05) is 109 Å². The number of nitrogens with zero attached hydrogens (tertiary/aromatic N) is 2. The summed E-state index contributed by atoms with van der Waals surface area (Å²) in [6.45, 7) is 2.11. The van der Waals surface area contributed by atoms with E-state index in [1.165, 1.54) is 59.9 Å². The molecule has 1 heterocycles. The lowest BCUT2D eigenvalue weighted by molar-refractivity contribution is 1.02. The van der Waals surface area contributed by atoms with Crippen molar-refractivity contribution < 1.29 is 0 Å². The van der Waals surface area contributed by atoms with Crippen molar-refractivity contribution in [3.8, 4) is 16.8 Å². The van der Waals surface area contributed by atoms with Crippen LogP contribution < -0.4 is 0 Å². The summed E-state index contributed by atoms with van der Waals surface area (Å²) < 4.78 is 2.34. The van der Waals surface area contributed by atoms with Gasteiger partial charge in [0.25, 0.3) is 0 Å². The van der Waals surface area contributed by atoms with Crippen LogP contribution >= 0.6 is 0 Å². The molecule has 8 aromatic rings. The van der Waals surface area contributed by atoms with Gasteiger partial charge in [-0.05, 0) is 68.6 Å². The smallest absolute Gasteiger partial charge is 0.111 e. The van der Waals surface area contributed by atoms with Crippen LogP contribution in [-0.4, -0.2) is 9.55 Å². The lowest BCUT2D eigenvalue weighted by atomic mass is 9.86. The fourth-order valence-electron chi connectivity index (χ4n) is 6.33. The topological polar surface area (TPSA) is 17.8 Å². The van der Waals surface area contributed by atoms with E-state index in [1.807, 2.05) is 0 Å². The first-order valence-corrected chi connectivity index (χ1v) is 13.1. The quantitative estimate of drug-likeness (QED) is 0.176. The van der Waals surface area contributed by atoms with Crippen molar-refractivity contribution in [2.24, 2.45) is 0 Å². The van der Waals surface area contributed by atoms with Gasteiger partial charge in [0.1, 0.15) is 5.82 Å². The summed E-state index contributed by atoms with van der Waals surface area (Å²) in [6.07, 6.45) is 0. The first kappa shape index (κ1) is 21.2. The second kappa shape index (κ2) is 8.03. The van der Waals surface area contributed by atoms with E-state index in [0.29, 0.717) is 0 Å². The molecule has 0 radical (unpaired) electrons. The molecule has 0 spiro atoms. The summed E-state index contributed by atoms with van der Waals surface area (Å²) >= 11 is 0. The fraction of sp³-hybridized carbons (Fsp3) is 0.0278. The van der Waals surface area contributed by atoms with Crippen molar-refractivity contribution >= 4 is 54.1 Å². The Balaban J connectivity index is 1.60. The minimum Gasteiger partial charge on any atom is -0.295 e. The number of aromatic nitrogens is 2. The highest BCUT2D eigenvalue weighted by molar-refractivity contribution is 6.24. The van der Waals surface area contributed by atoms with E-state index >= 15 is 0 Å². The molecule has 38 heavy (non-hydrogen) atoms. The number of hydrogen-bond donors (Lipinski definition) is 0. The molecule has 2 nitrogen and oxygen atoms in total. The molecule has 2 heteroatoms. The van der Waals surface area contributed by atoms with Crippen LogP contribution in [0, 0.1) is 6.92 Å². The van der Waals surface area contributed by atoms with Gasteiger partial charge in [-0.25, -0.2) is 4.98 Å². The van der Waals surface area contributed by atoms with E-state index in [2.05, 4.69) is 139 Å². The third kappa shape index (κ3) is 2.92. The number of aryl methyl sites for hydroxylation is 1. The van der Waals surface area contributed by atoms with Gasteiger partial charge in [0, 0.05) is 10.8 Å². The van der Waals surface area contributed by atoms with Gasteiger partial charge >= 0.3 is 0 Å². The molecule has 8 rings (SSSR count). The van der Waals surface area contributed by atoms with Gasteiger partial charge in [-0.2, -0.15) is 0 Å². The second-order valence-electron chi connectivity index (χ2n) is 9.99. The van der Waals surface area contributed by atoms with Gasteiger partial charge in [0.05, 0.1) is 16.7 Å². The SMILES string of the molecule is Cc1nc2ccccc2n1-c1c2ccccc2c(-c2cc3ccccc3c3ccccc23)c2ccccc12. The van der Waals surface area contributed by atoms with Crippen LogP contribution in [0.25, 0.3) is 70.9 Å². The molecule has 0 N–H and O–H groups in total.